The lowest BCUT2D eigenvalue weighted by Crippen LogP contribution is -2.24. The van der Waals surface area contributed by atoms with Crippen LogP contribution in [0.15, 0.2) is 53.7 Å². The summed E-state index contributed by atoms with van der Waals surface area (Å²) in [6.07, 6.45) is 2.91. The highest BCUT2D eigenvalue weighted by Crippen LogP contribution is 2.16. The molecule has 0 amide bonds. The van der Waals surface area contributed by atoms with E-state index in [0.29, 0.717) is 16.6 Å². The summed E-state index contributed by atoms with van der Waals surface area (Å²) >= 11 is 0. The SMILES string of the molecule is Cc1cc(C(=O)Cn2cnc3c(cnn3-c3ccccc3)c2=O)c(C)n1C. The van der Waals surface area contributed by atoms with Gasteiger partial charge in [-0.25, -0.2) is 9.67 Å². The molecule has 136 valence electrons. The quantitative estimate of drug-likeness (QED) is 0.523. The molecule has 0 radical (unpaired) electrons. The fraction of sp³-hybridized carbons (Fsp3) is 0.200. The molecule has 0 bridgehead atoms. The number of Topliss-reactive ketones (excluding diaryl/α,β-unsaturated/α-hetero) is 1. The van der Waals surface area contributed by atoms with Crippen molar-refractivity contribution in [2.24, 2.45) is 7.05 Å². The minimum Gasteiger partial charge on any atom is -0.351 e. The van der Waals surface area contributed by atoms with E-state index >= 15 is 0 Å². The molecule has 0 aliphatic carbocycles. The van der Waals surface area contributed by atoms with Gasteiger partial charge >= 0.3 is 0 Å². The van der Waals surface area contributed by atoms with E-state index in [2.05, 4.69) is 10.1 Å². The lowest BCUT2D eigenvalue weighted by atomic mass is 10.1. The third-order valence-corrected chi connectivity index (χ3v) is 4.94. The summed E-state index contributed by atoms with van der Waals surface area (Å²) in [4.78, 5) is 29.9. The maximum Gasteiger partial charge on any atom is 0.264 e. The number of carbonyl (C=O) groups excluding carboxylic acids is 1. The van der Waals surface area contributed by atoms with E-state index in [-0.39, 0.29) is 17.9 Å². The predicted octanol–water partition coefficient (Wildman–Crippen LogP) is 2.42. The fourth-order valence-electron chi connectivity index (χ4n) is 3.20. The molecule has 0 saturated heterocycles. The number of ketones is 1. The second-order valence-electron chi connectivity index (χ2n) is 6.57. The zero-order valence-corrected chi connectivity index (χ0v) is 15.4. The number of carbonyl (C=O) groups is 1. The van der Waals surface area contributed by atoms with Gasteiger partial charge < -0.3 is 4.57 Å². The first kappa shape index (κ1) is 17.0. The molecule has 0 N–H and O–H groups in total. The zero-order chi connectivity index (χ0) is 19.1. The molecule has 4 aromatic rings. The van der Waals surface area contributed by atoms with E-state index in [0.717, 1.165) is 17.1 Å². The number of benzene rings is 1. The normalized spacial score (nSPS) is 11.2. The van der Waals surface area contributed by atoms with Crippen LogP contribution in [-0.4, -0.2) is 29.7 Å². The summed E-state index contributed by atoms with van der Waals surface area (Å²) in [5.74, 6) is -0.116. The van der Waals surface area contributed by atoms with Crippen LogP contribution in [0, 0.1) is 13.8 Å². The third-order valence-electron chi connectivity index (χ3n) is 4.94. The van der Waals surface area contributed by atoms with Gasteiger partial charge in [0.15, 0.2) is 11.4 Å². The van der Waals surface area contributed by atoms with E-state index in [9.17, 15) is 9.59 Å². The van der Waals surface area contributed by atoms with Gasteiger partial charge in [0.1, 0.15) is 11.7 Å². The Kier molecular flexibility index (Phi) is 3.99. The number of aryl methyl sites for hydroxylation is 1. The molecule has 3 heterocycles. The largest absolute Gasteiger partial charge is 0.351 e. The van der Waals surface area contributed by atoms with Crippen molar-refractivity contribution in [2.75, 3.05) is 0 Å². The van der Waals surface area contributed by atoms with Crippen molar-refractivity contribution in [3.63, 3.8) is 0 Å². The number of aromatic nitrogens is 5. The summed E-state index contributed by atoms with van der Waals surface area (Å²) in [6.45, 7) is 3.79. The third kappa shape index (κ3) is 2.77. The van der Waals surface area contributed by atoms with Gasteiger partial charge in [0.25, 0.3) is 5.56 Å². The number of rotatable bonds is 4. The number of para-hydroxylation sites is 1. The van der Waals surface area contributed by atoms with Crippen molar-refractivity contribution in [1.82, 2.24) is 23.9 Å². The van der Waals surface area contributed by atoms with E-state index in [1.807, 2.05) is 61.9 Å². The van der Waals surface area contributed by atoms with Gasteiger partial charge in [0, 0.05) is 24.0 Å². The van der Waals surface area contributed by atoms with E-state index in [1.165, 1.54) is 17.1 Å². The van der Waals surface area contributed by atoms with Gasteiger partial charge in [-0.2, -0.15) is 5.10 Å². The number of hydrogen-bond acceptors (Lipinski definition) is 4. The van der Waals surface area contributed by atoms with Crippen molar-refractivity contribution in [3.8, 4) is 5.69 Å². The van der Waals surface area contributed by atoms with Gasteiger partial charge in [-0.15, -0.1) is 0 Å². The van der Waals surface area contributed by atoms with Crippen LogP contribution < -0.4 is 5.56 Å². The molecule has 0 atom stereocenters. The van der Waals surface area contributed by atoms with Crippen molar-refractivity contribution in [2.45, 2.75) is 20.4 Å². The zero-order valence-electron chi connectivity index (χ0n) is 15.4. The second kappa shape index (κ2) is 6.35. The summed E-state index contributed by atoms with van der Waals surface area (Å²) in [6, 6.07) is 11.3. The van der Waals surface area contributed by atoms with E-state index in [4.69, 9.17) is 0 Å². The maximum absolute atomic E-state index is 12.8. The Hall–Kier alpha value is -3.48. The summed E-state index contributed by atoms with van der Waals surface area (Å²) in [5.41, 5.74) is 3.53. The molecule has 1 aromatic carbocycles. The number of nitrogens with zero attached hydrogens (tertiary/aromatic N) is 5. The molecule has 0 unspecified atom stereocenters. The Morgan fingerprint density at radius 3 is 2.56 bits per heavy atom. The predicted molar refractivity (Wildman–Crippen MR) is 102 cm³/mol. The van der Waals surface area contributed by atoms with Crippen LogP contribution >= 0.6 is 0 Å². The van der Waals surface area contributed by atoms with Gasteiger partial charge in [-0.3, -0.25) is 14.2 Å². The van der Waals surface area contributed by atoms with Gasteiger partial charge in [0.05, 0.1) is 18.4 Å². The van der Waals surface area contributed by atoms with Crippen LogP contribution in [0.2, 0.25) is 0 Å². The monoisotopic (exact) mass is 361 g/mol. The summed E-state index contributed by atoms with van der Waals surface area (Å²) in [7, 11) is 1.92. The lowest BCUT2D eigenvalue weighted by Gasteiger charge is -2.06. The fourth-order valence-corrected chi connectivity index (χ4v) is 3.20. The highest BCUT2D eigenvalue weighted by molar-refractivity contribution is 5.97. The van der Waals surface area contributed by atoms with Crippen molar-refractivity contribution >= 4 is 16.8 Å². The molecular formula is C20H19N5O2. The van der Waals surface area contributed by atoms with E-state index < -0.39 is 0 Å². The first-order valence-corrected chi connectivity index (χ1v) is 8.62. The van der Waals surface area contributed by atoms with Gasteiger partial charge in [-0.05, 0) is 32.0 Å². The molecule has 4 rings (SSSR count). The minimum absolute atomic E-state index is 0.0530. The molecule has 0 aliphatic rings. The molecule has 7 nitrogen and oxygen atoms in total. The van der Waals surface area contributed by atoms with Crippen LogP contribution in [0.4, 0.5) is 0 Å². The van der Waals surface area contributed by atoms with Crippen molar-refractivity contribution in [3.05, 3.63) is 76.2 Å². The lowest BCUT2D eigenvalue weighted by molar-refractivity contribution is 0.0970. The van der Waals surface area contributed by atoms with Crippen LogP contribution in [-0.2, 0) is 13.6 Å². The molecule has 3 aromatic heterocycles. The Morgan fingerprint density at radius 2 is 1.89 bits per heavy atom. The Balaban J connectivity index is 1.72. The highest BCUT2D eigenvalue weighted by Gasteiger charge is 2.17. The maximum atomic E-state index is 12.8. The van der Waals surface area contributed by atoms with Crippen LogP contribution in [0.3, 0.4) is 0 Å². The molecule has 0 aliphatic heterocycles. The van der Waals surface area contributed by atoms with Crippen LogP contribution in [0.1, 0.15) is 21.7 Å². The Morgan fingerprint density at radius 1 is 1.15 bits per heavy atom. The molecule has 0 saturated carbocycles. The summed E-state index contributed by atoms with van der Waals surface area (Å²) < 4.78 is 4.92. The minimum atomic E-state index is -0.277. The molecular weight excluding hydrogens is 342 g/mol. The molecule has 0 fully saturated rings. The Bertz CT molecular complexity index is 1210. The van der Waals surface area contributed by atoms with Crippen LogP contribution in [0.5, 0.6) is 0 Å². The van der Waals surface area contributed by atoms with Crippen molar-refractivity contribution < 1.29 is 4.79 Å². The van der Waals surface area contributed by atoms with Crippen LogP contribution in [0.25, 0.3) is 16.7 Å². The highest BCUT2D eigenvalue weighted by atomic mass is 16.1. The average molecular weight is 361 g/mol. The number of hydrogen-bond donors (Lipinski definition) is 0. The molecule has 7 heteroatoms. The number of fused-ring (bicyclic) bond motifs is 1. The van der Waals surface area contributed by atoms with Gasteiger partial charge in [0.2, 0.25) is 0 Å². The van der Waals surface area contributed by atoms with E-state index in [1.54, 1.807) is 4.68 Å². The molecule has 27 heavy (non-hydrogen) atoms. The first-order chi connectivity index (χ1) is 13.0. The smallest absolute Gasteiger partial charge is 0.264 e. The standard InChI is InChI=1S/C20H19N5O2/c1-13-9-16(14(2)23(13)3)18(26)11-24-12-21-19-17(20(24)27)10-22-25(19)15-7-5-4-6-8-15/h4-10,12H,11H2,1-3H3. The second-order valence-corrected chi connectivity index (χ2v) is 6.57. The first-order valence-electron chi connectivity index (χ1n) is 8.62. The average Bonchev–Trinajstić information content (AvgIpc) is 3.22. The summed E-state index contributed by atoms with van der Waals surface area (Å²) in [5, 5.41) is 4.67. The molecule has 0 spiro atoms. The van der Waals surface area contributed by atoms with Crippen molar-refractivity contribution in [1.29, 1.82) is 0 Å². The Labute approximate surface area is 155 Å². The van der Waals surface area contributed by atoms with Gasteiger partial charge in [-0.1, -0.05) is 18.2 Å². The topological polar surface area (TPSA) is 74.7 Å².